The summed E-state index contributed by atoms with van der Waals surface area (Å²) in [6.45, 7) is 4.19. The standard InChI is InChI=1S/C17H23Cl3N2/c18-13-10-14(16(20)15(19)11-13)17(12-4-2-1-3-5-12)22-8-6-21-7-9-22/h10-12,17,21H,1-9H2/t17-/m0/s1. The fourth-order valence-electron chi connectivity index (χ4n) is 3.95. The molecule has 2 nitrogen and oxygen atoms in total. The molecule has 0 spiro atoms. The Morgan fingerprint density at radius 2 is 1.68 bits per heavy atom. The molecular formula is C17H23Cl3N2. The highest BCUT2D eigenvalue weighted by Gasteiger charge is 2.32. The summed E-state index contributed by atoms with van der Waals surface area (Å²) in [4.78, 5) is 2.57. The van der Waals surface area contributed by atoms with Gasteiger partial charge in [-0.2, -0.15) is 0 Å². The molecule has 1 aromatic carbocycles. The van der Waals surface area contributed by atoms with E-state index in [1.165, 1.54) is 32.1 Å². The van der Waals surface area contributed by atoms with Gasteiger partial charge in [-0.05, 0) is 36.5 Å². The van der Waals surface area contributed by atoms with Gasteiger partial charge < -0.3 is 5.32 Å². The molecule has 0 radical (unpaired) electrons. The van der Waals surface area contributed by atoms with Gasteiger partial charge in [-0.3, -0.25) is 4.90 Å². The number of rotatable bonds is 3. The molecule has 0 amide bonds. The van der Waals surface area contributed by atoms with Crippen molar-refractivity contribution in [2.75, 3.05) is 26.2 Å². The molecule has 1 aliphatic carbocycles. The van der Waals surface area contributed by atoms with Crippen LogP contribution in [-0.2, 0) is 0 Å². The van der Waals surface area contributed by atoms with Crippen molar-refractivity contribution in [1.29, 1.82) is 0 Å². The van der Waals surface area contributed by atoms with E-state index in [0.717, 1.165) is 31.7 Å². The molecule has 2 fully saturated rings. The van der Waals surface area contributed by atoms with E-state index in [4.69, 9.17) is 34.8 Å². The first-order chi connectivity index (χ1) is 10.7. The lowest BCUT2D eigenvalue weighted by Crippen LogP contribution is -2.47. The predicted octanol–water partition coefficient (Wildman–Crippen LogP) is 5.17. The Bertz CT molecular complexity index is 491. The van der Waals surface area contributed by atoms with Crippen molar-refractivity contribution in [3.05, 3.63) is 32.8 Å². The molecule has 0 aromatic heterocycles. The van der Waals surface area contributed by atoms with Crippen LogP contribution in [0.15, 0.2) is 12.1 Å². The van der Waals surface area contributed by atoms with E-state index in [-0.39, 0.29) is 0 Å². The highest BCUT2D eigenvalue weighted by molar-refractivity contribution is 6.43. The van der Waals surface area contributed by atoms with Crippen LogP contribution in [0.1, 0.15) is 43.7 Å². The van der Waals surface area contributed by atoms with Gasteiger partial charge >= 0.3 is 0 Å². The first-order valence-electron chi connectivity index (χ1n) is 8.26. The molecule has 1 saturated heterocycles. The predicted molar refractivity (Wildman–Crippen MR) is 95.2 cm³/mol. The lowest BCUT2D eigenvalue weighted by atomic mass is 9.80. The van der Waals surface area contributed by atoms with E-state index in [9.17, 15) is 0 Å². The molecule has 0 bridgehead atoms. The molecule has 2 aliphatic rings. The third-order valence-electron chi connectivity index (χ3n) is 4.98. The molecule has 0 unspecified atom stereocenters. The molecule has 122 valence electrons. The second-order valence-corrected chi connectivity index (χ2v) is 7.64. The van der Waals surface area contributed by atoms with Crippen LogP contribution in [0.3, 0.4) is 0 Å². The lowest BCUT2D eigenvalue weighted by Gasteiger charge is -2.41. The first kappa shape index (κ1) is 16.9. The molecule has 1 heterocycles. The van der Waals surface area contributed by atoms with Gasteiger partial charge in [0.2, 0.25) is 0 Å². The van der Waals surface area contributed by atoms with Crippen molar-refractivity contribution in [1.82, 2.24) is 10.2 Å². The van der Waals surface area contributed by atoms with E-state index < -0.39 is 0 Å². The Kier molecular flexibility index (Phi) is 5.91. The summed E-state index contributed by atoms with van der Waals surface area (Å²) in [5.74, 6) is 0.652. The normalized spacial score (nSPS) is 22.7. The van der Waals surface area contributed by atoms with Crippen LogP contribution in [0.2, 0.25) is 15.1 Å². The summed E-state index contributed by atoms with van der Waals surface area (Å²) in [5.41, 5.74) is 1.12. The average molecular weight is 362 g/mol. The van der Waals surface area contributed by atoms with Crippen LogP contribution >= 0.6 is 34.8 Å². The molecule has 1 aromatic rings. The van der Waals surface area contributed by atoms with Crippen molar-refractivity contribution < 1.29 is 0 Å². The Balaban J connectivity index is 1.96. The van der Waals surface area contributed by atoms with Crippen LogP contribution < -0.4 is 5.32 Å². The highest BCUT2D eigenvalue weighted by atomic mass is 35.5. The van der Waals surface area contributed by atoms with E-state index in [1.54, 1.807) is 6.07 Å². The average Bonchev–Trinajstić information content (AvgIpc) is 2.54. The molecule has 5 heteroatoms. The van der Waals surface area contributed by atoms with Crippen molar-refractivity contribution in [3.8, 4) is 0 Å². The first-order valence-corrected chi connectivity index (χ1v) is 9.39. The zero-order valence-corrected chi connectivity index (χ0v) is 15.0. The number of nitrogens with zero attached hydrogens (tertiary/aromatic N) is 1. The van der Waals surface area contributed by atoms with Crippen molar-refractivity contribution in [2.24, 2.45) is 5.92 Å². The molecular weight excluding hydrogens is 339 g/mol. The van der Waals surface area contributed by atoms with Crippen LogP contribution in [0.25, 0.3) is 0 Å². The fraction of sp³-hybridized carbons (Fsp3) is 0.647. The maximum Gasteiger partial charge on any atom is 0.0641 e. The van der Waals surface area contributed by atoms with Crippen LogP contribution in [0, 0.1) is 5.92 Å². The summed E-state index contributed by atoms with van der Waals surface area (Å²) >= 11 is 19.1. The largest absolute Gasteiger partial charge is 0.314 e. The Hall–Kier alpha value is 0.01000. The van der Waals surface area contributed by atoms with Gasteiger partial charge in [0.25, 0.3) is 0 Å². The quantitative estimate of drug-likeness (QED) is 0.747. The second kappa shape index (κ2) is 7.72. The SMILES string of the molecule is Clc1cc(Cl)c(Cl)c([C@H](C2CCCCC2)N2CCNCC2)c1. The summed E-state index contributed by atoms with van der Waals surface area (Å²) in [5, 5.41) is 5.37. The fourth-order valence-corrected chi connectivity index (χ4v) is 4.68. The van der Waals surface area contributed by atoms with Crippen molar-refractivity contribution >= 4 is 34.8 Å². The number of piperazine rings is 1. The zero-order valence-electron chi connectivity index (χ0n) is 12.8. The summed E-state index contributed by atoms with van der Waals surface area (Å²) < 4.78 is 0. The number of hydrogen-bond acceptors (Lipinski definition) is 2. The maximum absolute atomic E-state index is 6.57. The molecule has 3 rings (SSSR count). The number of hydrogen-bond donors (Lipinski definition) is 1. The Morgan fingerprint density at radius 1 is 1.00 bits per heavy atom. The second-order valence-electron chi connectivity index (χ2n) is 6.42. The molecule has 1 atom stereocenters. The number of halogens is 3. The summed E-state index contributed by atoms with van der Waals surface area (Å²) in [6, 6.07) is 4.10. The third-order valence-corrected chi connectivity index (χ3v) is 6.02. The van der Waals surface area contributed by atoms with Crippen LogP contribution in [-0.4, -0.2) is 31.1 Å². The van der Waals surface area contributed by atoms with E-state index in [2.05, 4.69) is 10.2 Å². The number of nitrogens with one attached hydrogen (secondary N) is 1. The third kappa shape index (κ3) is 3.73. The molecule has 1 N–H and O–H groups in total. The van der Waals surface area contributed by atoms with E-state index in [0.29, 0.717) is 27.0 Å². The summed E-state index contributed by atoms with van der Waals surface area (Å²) in [7, 11) is 0. The smallest absolute Gasteiger partial charge is 0.0641 e. The Morgan fingerprint density at radius 3 is 2.36 bits per heavy atom. The summed E-state index contributed by atoms with van der Waals surface area (Å²) in [6.07, 6.45) is 6.54. The zero-order chi connectivity index (χ0) is 15.5. The lowest BCUT2D eigenvalue weighted by molar-refractivity contribution is 0.103. The van der Waals surface area contributed by atoms with Crippen LogP contribution in [0.4, 0.5) is 0 Å². The van der Waals surface area contributed by atoms with Gasteiger partial charge in [0.1, 0.15) is 0 Å². The van der Waals surface area contributed by atoms with E-state index >= 15 is 0 Å². The maximum atomic E-state index is 6.57. The minimum atomic E-state index is 0.339. The van der Waals surface area contributed by atoms with Crippen molar-refractivity contribution in [3.63, 3.8) is 0 Å². The molecule has 1 aliphatic heterocycles. The van der Waals surface area contributed by atoms with Gasteiger partial charge in [0.15, 0.2) is 0 Å². The monoisotopic (exact) mass is 360 g/mol. The topological polar surface area (TPSA) is 15.3 Å². The van der Waals surface area contributed by atoms with Gasteiger partial charge in [-0.1, -0.05) is 54.1 Å². The molecule has 1 saturated carbocycles. The van der Waals surface area contributed by atoms with Gasteiger partial charge in [-0.25, -0.2) is 0 Å². The van der Waals surface area contributed by atoms with Gasteiger partial charge in [0, 0.05) is 37.2 Å². The van der Waals surface area contributed by atoms with Gasteiger partial charge in [0.05, 0.1) is 10.0 Å². The van der Waals surface area contributed by atoms with Gasteiger partial charge in [-0.15, -0.1) is 0 Å². The van der Waals surface area contributed by atoms with E-state index in [1.807, 2.05) is 6.07 Å². The minimum Gasteiger partial charge on any atom is -0.314 e. The van der Waals surface area contributed by atoms with Crippen LogP contribution in [0.5, 0.6) is 0 Å². The molecule has 22 heavy (non-hydrogen) atoms. The highest BCUT2D eigenvalue weighted by Crippen LogP contribution is 2.43. The minimum absolute atomic E-state index is 0.339. The van der Waals surface area contributed by atoms with Crippen molar-refractivity contribution in [2.45, 2.75) is 38.1 Å². The number of benzene rings is 1. The Labute approximate surface area is 148 Å².